The highest BCUT2D eigenvalue weighted by Crippen LogP contribution is 2.31. The molecule has 0 aromatic heterocycles. The molecule has 0 amide bonds. The van der Waals surface area contributed by atoms with E-state index in [0.29, 0.717) is 17.9 Å². The van der Waals surface area contributed by atoms with Gasteiger partial charge in [-0.1, -0.05) is 31.2 Å². The standard InChI is InChI=1S/C16H15FO3/c1-2-9-20-15-6-4-3-5-12(15)11-7-8-14(17)13(10-11)16(18)19/h3-8,10H,2,9H2,1H3,(H,18,19). The summed E-state index contributed by atoms with van der Waals surface area (Å²) in [6, 6.07) is 11.4. The molecule has 1 N–H and O–H groups in total. The van der Waals surface area contributed by atoms with Crippen molar-refractivity contribution in [1.82, 2.24) is 0 Å². The molecule has 20 heavy (non-hydrogen) atoms. The molecule has 104 valence electrons. The largest absolute Gasteiger partial charge is 0.493 e. The van der Waals surface area contributed by atoms with Gasteiger partial charge in [-0.05, 0) is 30.2 Å². The second-order valence-electron chi connectivity index (χ2n) is 4.34. The number of ether oxygens (including phenoxy) is 1. The maximum atomic E-state index is 13.4. The smallest absolute Gasteiger partial charge is 0.338 e. The highest BCUT2D eigenvalue weighted by Gasteiger charge is 2.13. The van der Waals surface area contributed by atoms with E-state index >= 15 is 0 Å². The third-order valence-electron chi connectivity index (χ3n) is 2.86. The van der Waals surface area contributed by atoms with Crippen LogP contribution in [0.4, 0.5) is 4.39 Å². The molecule has 0 bridgehead atoms. The Hall–Kier alpha value is -2.36. The van der Waals surface area contributed by atoms with Crippen LogP contribution < -0.4 is 4.74 Å². The zero-order chi connectivity index (χ0) is 14.5. The minimum atomic E-state index is -1.28. The Balaban J connectivity index is 2.46. The van der Waals surface area contributed by atoms with Gasteiger partial charge >= 0.3 is 5.97 Å². The van der Waals surface area contributed by atoms with E-state index in [9.17, 15) is 9.18 Å². The topological polar surface area (TPSA) is 46.5 Å². The molecule has 2 rings (SSSR count). The lowest BCUT2D eigenvalue weighted by Crippen LogP contribution is -2.01. The van der Waals surface area contributed by atoms with Crippen molar-refractivity contribution in [3.05, 3.63) is 53.8 Å². The summed E-state index contributed by atoms with van der Waals surface area (Å²) in [6.07, 6.45) is 0.873. The lowest BCUT2D eigenvalue weighted by atomic mass is 10.0. The molecule has 0 heterocycles. The lowest BCUT2D eigenvalue weighted by molar-refractivity contribution is 0.0692. The second kappa shape index (κ2) is 6.19. The van der Waals surface area contributed by atoms with E-state index in [2.05, 4.69) is 0 Å². The average Bonchev–Trinajstić information content (AvgIpc) is 2.46. The molecule has 0 atom stereocenters. The van der Waals surface area contributed by atoms with E-state index < -0.39 is 11.8 Å². The van der Waals surface area contributed by atoms with Crippen molar-refractivity contribution in [3.63, 3.8) is 0 Å². The van der Waals surface area contributed by atoms with E-state index in [1.807, 2.05) is 31.2 Å². The van der Waals surface area contributed by atoms with Crippen molar-refractivity contribution in [2.24, 2.45) is 0 Å². The zero-order valence-electron chi connectivity index (χ0n) is 11.1. The first-order valence-electron chi connectivity index (χ1n) is 6.38. The normalized spacial score (nSPS) is 10.3. The molecule has 0 unspecified atom stereocenters. The molecule has 4 heteroatoms. The Bertz CT molecular complexity index is 623. The number of hydrogen-bond acceptors (Lipinski definition) is 2. The van der Waals surface area contributed by atoms with Crippen molar-refractivity contribution in [2.45, 2.75) is 13.3 Å². The van der Waals surface area contributed by atoms with Gasteiger partial charge in [0, 0.05) is 5.56 Å². The Labute approximate surface area is 116 Å². The van der Waals surface area contributed by atoms with Gasteiger partial charge in [-0.2, -0.15) is 0 Å². The van der Waals surface area contributed by atoms with Crippen LogP contribution in [0, 0.1) is 5.82 Å². The molecule has 0 saturated carbocycles. The van der Waals surface area contributed by atoms with Crippen LogP contribution in [0.1, 0.15) is 23.7 Å². The predicted molar refractivity (Wildman–Crippen MR) is 74.6 cm³/mol. The number of carboxylic acids is 1. The van der Waals surface area contributed by atoms with Crippen LogP contribution in [0.5, 0.6) is 5.75 Å². The molecule has 0 aliphatic carbocycles. The van der Waals surface area contributed by atoms with E-state index in [0.717, 1.165) is 18.1 Å². The van der Waals surface area contributed by atoms with Crippen molar-refractivity contribution < 1.29 is 19.0 Å². The van der Waals surface area contributed by atoms with Gasteiger partial charge in [-0.15, -0.1) is 0 Å². The Morgan fingerprint density at radius 3 is 2.70 bits per heavy atom. The summed E-state index contributed by atoms with van der Waals surface area (Å²) in [5, 5.41) is 8.98. The molecular formula is C16H15FO3. The summed E-state index contributed by atoms with van der Waals surface area (Å²) in [5.74, 6) is -1.36. The van der Waals surface area contributed by atoms with Gasteiger partial charge in [0.25, 0.3) is 0 Å². The highest BCUT2D eigenvalue weighted by molar-refractivity contribution is 5.90. The van der Waals surface area contributed by atoms with Gasteiger partial charge in [0.2, 0.25) is 0 Å². The van der Waals surface area contributed by atoms with Crippen LogP contribution in [-0.2, 0) is 0 Å². The Morgan fingerprint density at radius 1 is 1.25 bits per heavy atom. The average molecular weight is 274 g/mol. The summed E-state index contributed by atoms with van der Waals surface area (Å²) in [6.45, 7) is 2.58. The van der Waals surface area contributed by atoms with Crippen molar-refractivity contribution >= 4 is 5.97 Å². The van der Waals surface area contributed by atoms with Gasteiger partial charge in [0.1, 0.15) is 11.6 Å². The van der Waals surface area contributed by atoms with Gasteiger partial charge in [0.15, 0.2) is 0 Å². The maximum absolute atomic E-state index is 13.4. The number of halogens is 1. The predicted octanol–water partition coefficient (Wildman–Crippen LogP) is 3.98. The Morgan fingerprint density at radius 2 is 2.00 bits per heavy atom. The number of carbonyl (C=O) groups is 1. The van der Waals surface area contributed by atoms with E-state index in [1.165, 1.54) is 6.07 Å². The minimum absolute atomic E-state index is 0.340. The monoisotopic (exact) mass is 274 g/mol. The SMILES string of the molecule is CCCOc1ccccc1-c1ccc(F)c(C(=O)O)c1. The van der Waals surface area contributed by atoms with Crippen LogP contribution in [0.2, 0.25) is 0 Å². The van der Waals surface area contributed by atoms with Crippen LogP contribution in [0.15, 0.2) is 42.5 Å². The summed E-state index contributed by atoms with van der Waals surface area (Å²) in [4.78, 5) is 11.0. The first-order valence-corrected chi connectivity index (χ1v) is 6.38. The zero-order valence-corrected chi connectivity index (χ0v) is 11.1. The third kappa shape index (κ3) is 2.96. The van der Waals surface area contributed by atoms with Crippen LogP contribution >= 0.6 is 0 Å². The summed E-state index contributed by atoms with van der Waals surface area (Å²) >= 11 is 0. The lowest BCUT2D eigenvalue weighted by Gasteiger charge is -2.11. The van der Waals surface area contributed by atoms with Crippen molar-refractivity contribution in [3.8, 4) is 16.9 Å². The molecule has 0 aliphatic heterocycles. The van der Waals surface area contributed by atoms with Crippen LogP contribution in [0.25, 0.3) is 11.1 Å². The van der Waals surface area contributed by atoms with Crippen molar-refractivity contribution in [2.75, 3.05) is 6.61 Å². The number of carboxylic acid groups (broad SMARTS) is 1. The molecule has 2 aromatic carbocycles. The molecule has 0 aliphatic rings. The fourth-order valence-electron chi connectivity index (χ4n) is 1.90. The molecule has 0 fully saturated rings. The third-order valence-corrected chi connectivity index (χ3v) is 2.86. The highest BCUT2D eigenvalue weighted by atomic mass is 19.1. The van der Waals surface area contributed by atoms with Gasteiger partial charge in [0.05, 0.1) is 12.2 Å². The number of aromatic carboxylic acids is 1. The van der Waals surface area contributed by atoms with E-state index in [-0.39, 0.29) is 5.56 Å². The molecule has 3 nitrogen and oxygen atoms in total. The van der Waals surface area contributed by atoms with Gasteiger partial charge < -0.3 is 9.84 Å². The molecular weight excluding hydrogens is 259 g/mol. The molecule has 0 saturated heterocycles. The van der Waals surface area contributed by atoms with Crippen LogP contribution in [0.3, 0.4) is 0 Å². The first kappa shape index (κ1) is 14.1. The maximum Gasteiger partial charge on any atom is 0.338 e. The number of hydrogen-bond donors (Lipinski definition) is 1. The minimum Gasteiger partial charge on any atom is -0.493 e. The van der Waals surface area contributed by atoms with E-state index in [1.54, 1.807) is 6.07 Å². The van der Waals surface area contributed by atoms with Gasteiger partial charge in [-0.25, -0.2) is 9.18 Å². The molecule has 0 spiro atoms. The number of para-hydroxylation sites is 1. The van der Waals surface area contributed by atoms with Crippen LogP contribution in [-0.4, -0.2) is 17.7 Å². The summed E-state index contributed by atoms with van der Waals surface area (Å²) < 4.78 is 19.1. The summed E-state index contributed by atoms with van der Waals surface area (Å²) in [7, 11) is 0. The Kier molecular flexibility index (Phi) is 4.35. The first-order chi connectivity index (χ1) is 9.63. The molecule has 0 radical (unpaired) electrons. The quantitative estimate of drug-likeness (QED) is 0.897. The fraction of sp³-hybridized carbons (Fsp3) is 0.188. The van der Waals surface area contributed by atoms with Gasteiger partial charge in [-0.3, -0.25) is 0 Å². The number of rotatable bonds is 5. The van der Waals surface area contributed by atoms with E-state index in [4.69, 9.17) is 9.84 Å². The van der Waals surface area contributed by atoms with Crippen molar-refractivity contribution in [1.29, 1.82) is 0 Å². The summed E-state index contributed by atoms with van der Waals surface area (Å²) in [5.41, 5.74) is 1.03. The fourth-order valence-corrected chi connectivity index (χ4v) is 1.90. The molecule has 2 aromatic rings. The second-order valence-corrected chi connectivity index (χ2v) is 4.34. The number of benzene rings is 2.